The number of aryl methyl sites for hydroxylation is 2. The number of hydrogen-bond acceptors (Lipinski definition) is 5. The molecule has 140 valence electrons. The summed E-state index contributed by atoms with van der Waals surface area (Å²) >= 11 is 1.42. The van der Waals surface area contributed by atoms with E-state index in [4.69, 9.17) is 5.73 Å². The van der Waals surface area contributed by atoms with Gasteiger partial charge in [0.15, 0.2) is 0 Å². The van der Waals surface area contributed by atoms with Crippen molar-refractivity contribution in [2.24, 2.45) is 5.73 Å². The number of aromatic amines is 1. The number of anilines is 1. The van der Waals surface area contributed by atoms with Crippen molar-refractivity contribution in [1.82, 2.24) is 15.0 Å². The van der Waals surface area contributed by atoms with Crippen LogP contribution in [0.1, 0.15) is 32.0 Å². The number of amides is 2. The molecule has 0 fully saturated rings. The van der Waals surface area contributed by atoms with Crippen molar-refractivity contribution in [3.05, 3.63) is 64.2 Å². The van der Waals surface area contributed by atoms with E-state index in [0.717, 1.165) is 16.1 Å². The van der Waals surface area contributed by atoms with Gasteiger partial charge in [-0.2, -0.15) is 0 Å². The lowest BCUT2D eigenvalue weighted by Gasteiger charge is -2.03. The Hall–Kier alpha value is -3.52. The van der Waals surface area contributed by atoms with Gasteiger partial charge in [0, 0.05) is 16.5 Å². The number of benzene rings is 2. The number of rotatable bonds is 4. The lowest BCUT2D eigenvalue weighted by molar-refractivity contribution is 0.0997. The van der Waals surface area contributed by atoms with Gasteiger partial charge in [-0.1, -0.05) is 23.8 Å². The second kappa shape index (κ2) is 6.90. The Labute approximate surface area is 164 Å². The highest BCUT2D eigenvalue weighted by Crippen LogP contribution is 2.27. The van der Waals surface area contributed by atoms with Gasteiger partial charge in [0.2, 0.25) is 11.9 Å². The lowest BCUT2D eigenvalue weighted by Crippen LogP contribution is -2.13. The molecule has 2 aromatic heterocycles. The van der Waals surface area contributed by atoms with Crippen molar-refractivity contribution < 1.29 is 9.59 Å². The summed E-state index contributed by atoms with van der Waals surface area (Å²) in [7, 11) is 0. The fraction of sp³-hybridized carbons (Fsp3) is 0.100. The van der Waals surface area contributed by atoms with E-state index >= 15 is 0 Å². The number of primary amides is 1. The predicted octanol–water partition coefficient (Wildman–Crippen LogP) is 3.65. The fourth-order valence-electron chi connectivity index (χ4n) is 2.95. The molecule has 2 aromatic carbocycles. The molecule has 4 aromatic rings. The number of aromatic nitrogens is 3. The minimum atomic E-state index is -0.525. The van der Waals surface area contributed by atoms with E-state index in [2.05, 4.69) is 26.3 Å². The van der Waals surface area contributed by atoms with Crippen LogP contribution in [0.15, 0.2) is 41.8 Å². The van der Waals surface area contributed by atoms with Gasteiger partial charge in [-0.3, -0.25) is 14.9 Å². The number of nitrogens with one attached hydrogen (secondary N) is 2. The monoisotopic (exact) mass is 391 g/mol. The SMILES string of the molecule is Cc1ccc(-c2nc(C(=O)Nc3nc4ccc(C(N)=O)cc4[nH]3)cs2)c(C)c1. The molecule has 0 radical (unpaired) electrons. The Bertz CT molecular complexity index is 1220. The summed E-state index contributed by atoms with van der Waals surface area (Å²) in [6.45, 7) is 4.06. The van der Waals surface area contributed by atoms with Crippen LogP contribution in [-0.4, -0.2) is 26.8 Å². The van der Waals surface area contributed by atoms with Crippen LogP contribution >= 0.6 is 11.3 Å². The Morgan fingerprint density at radius 2 is 1.93 bits per heavy atom. The molecule has 0 atom stereocenters. The van der Waals surface area contributed by atoms with Gasteiger partial charge in [0.1, 0.15) is 10.7 Å². The summed E-state index contributed by atoms with van der Waals surface area (Å²) in [6, 6.07) is 11.0. The average Bonchev–Trinajstić information content (AvgIpc) is 3.27. The first-order valence-corrected chi connectivity index (χ1v) is 9.43. The maximum atomic E-state index is 12.5. The summed E-state index contributed by atoms with van der Waals surface area (Å²) in [5.41, 5.74) is 10.5. The molecule has 0 aliphatic rings. The van der Waals surface area contributed by atoms with Crippen LogP contribution in [0.25, 0.3) is 21.6 Å². The van der Waals surface area contributed by atoms with Gasteiger partial charge in [-0.15, -0.1) is 11.3 Å². The molecule has 0 aliphatic heterocycles. The third kappa shape index (κ3) is 3.37. The summed E-state index contributed by atoms with van der Waals surface area (Å²) < 4.78 is 0. The van der Waals surface area contributed by atoms with Crippen molar-refractivity contribution >= 4 is 40.1 Å². The number of thiazole rings is 1. The zero-order chi connectivity index (χ0) is 19.8. The van der Waals surface area contributed by atoms with Gasteiger partial charge < -0.3 is 10.7 Å². The largest absolute Gasteiger partial charge is 0.366 e. The molecule has 2 amide bonds. The zero-order valence-electron chi connectivity index (χ0n) is 15.2. The molecule has 28 heavy (non-hydrogen) atoms. The van der Waals surface area contributed by atoms with Gasteiger partial charge >= 0.3 is 0 Å². The van der Waals surface area contributed by atoms with E-state index in [0.29, 0.717) is 22.3 Å². The Morgan fingerprint density at radius 3 is 2.68 bits per heavy atom. The van der Waals surface area contributed by atoms with Crippen molar-refractivity contribution in [3.63, 3.8) is 0 Å². The molecular weight excluding hydrogens is 374 g/mol. The first kappa shape index (κ1) is 17.9. The van der Waals surface area contributed by atoms with E-state index in [-0.39, 0.29) is 11.9 Å². The predicted molar refractivity (Wildman–Crippen MR) is 110 cm³/mol. The van der Waals surface area contributed by atoms with Crippen LogP contribution in [0.2, 0.25) is 0 Å². The van der Waals surface area contributed by atoms with Crippen molar-refractivity contribution in [2.75, 3.05) is 5.32 Å². The normalized spacial score (nSPS) is 10.9. The first-order valence-electron chi connectivity index (χ1n) is 8.55. The summed E-state index contributed by atoms with van der Waals surface area (Å²) in [5.74, 6) is -0.604. The Morgan fingerprint density at radius 1 is 1.11 bits per heavy atom. The number of hydrogen-bond donors (Lipinski definition) is 3. The minimum absolute atomic E-state index is 0.280. The molecule has 4 rings (SSSR count). The maximum Gasteiger partial charge on any atom is 0.277 e. The van der Waals surface area contributed by atoms with Gasteiger partial charge in [0.25, 0.3) is 5.91 Å². The maximum absolute atomic E-state index is 12.5. The van der Waals surface area contributed by atoms with Gasteiger partial charge in [-0.25, -0.2) is 9.97 Å². The number of nitrogens with zero attached hydrogens (tertiary/aromatic N) is 2. The third-order valence-corrected chi connectivity index (χ3v) is 5.22. The van der Waals surface area contributed by atoms with Crippen LogP contribution in [0.4, 0.5) is 5.95 Å². The molecule has 8 heteroatoms. The smallest absolute Gasteiger partial charge is 0.277 e. The van der Waals surface area contributed by atoms with Crippen molar-refractivity contribution in [1.29, 1.82) is 0 Å². The lowest BCUT2D eigenvalue weighted by atomic mass is 10.1. The van der Waals surface area contributed by atoms with Crippen LogP contribution < -0.4 is 11.1 Å². The number of nitrogens with two attached hydrogens (primary N) is 1. The number of carbonyl (C=O) groups is 2. The topological polar surface area (TPSA) is 114 Å². The molecule has 7 nitrogen and oxygen atoms in total. The van der Waals surface area contributed by atoms with Crippen molar-refractivity contribution in [3.8, 4) is 10.6 Å². The number of H-pyrrole nitrogens is 1. The van der Waals surface area contributed by atoms with E-state index in [1.165, 1.54) is 16.9 Å². The highest BCUT2D eigenvalue weighted by Gasteiger charge is 2.15. The molecule has 0 unspecified atom stereocenters. The molecule has 0 spiro atoms. The van der Waals surface area contributed by atoms with E-state index in [1.807, 2.05) is 26.0 Å². The minimum Gasteiger partial charge on any atom is -0.366 e. The summed E-state index contributed by atoms with van der Waals surface area (Å²) in [5, 5.41) is 5.22. The summed E-state index contributed by atoms with van der Waals surface area (Å²) in [4.78, 5) is 35.6. The Balaban J connectivity index is 1.56. The van der Waals surface area contributed by atoms with E-state index < -0.39 is 5.91 Å². The molecular formula is C20H17N5O2S. The van der Waals surface area contributed by atoms with Crippen LogP contribution in [0, 0.1) is 13.8 Å². The zero-order valence-corrected chi connectivity index (χ0v) is 16.1. The highest BCUT2D eigenvalue weighted by atomic mass is 32.1. The fourth-order valence-corrected chi connectivity index (χ4v) is 3.84. The van der Waals surface area contributed by atoms with E-state index in [9.17, 15) is 9.59 Å². The molecule has 0 saturated heterocycles. The second-order valence-corrected chi connectivity index (χ2v) is 7.35. The van der Waals surface area contributed by atoms with E-state index in [1.54, 1.807) is 23.6 Å². The van der Waals surface area contributed by atoms with Crippen LogP contribution in [0.3, 0.4) is 0 Å². The molecule has 4 N–H and O–H groups in total. The molecule has 0 bridgehead atoms. The highest BCUT2D eigenvalue weighted by molar-refractivity contribution is 7.13. The number of fused-ring (bicyclic) bond motifs is 1. The second-order valence-electron chi connectivity index (χ2n) is 6.49. The summed E-state index contributed by atoms with van der Waals surface area (Å²) in [6.07, 6.45) is 0. The average molecular weight is 391 g/mol. The van der Waals surface area contributed by atoms with Gasteiger partial charge in [0.05, 0.1) is 11.0 Å². The number of imidazole rings is 1. The molecule has 0 aliphatic carbocycles. The van der Waals surface area contributed by atoms with Crippen molar-refractivity contribution in [2.45, 2.75) is 13.8 Å². The first-order chi connectivity index (χ1) is 13.4. The molecule has 0 saturated carbocycles. The number of carbonyl (C=O) groups excluding carboxylic acids is 2. The molecule has 2 heterocycles. The van der Waals surface area contributed by atoms with Gasteiger partial charge in [-0.05, 0) is 37.6 Å². The standard InChI is InChI=1S/C20H17N5O2S/c1-10-3-5-13(11(2)7-10)19-22-16(9-28-19)18(27)25-20-23-14-6-4-12(17(21)26)8-15(14)24-20/h3-9H,1-2H3,(H2,21,26)(H2,23,24,25,27). The quantitative estimate of drug-likeness (QED) is 0.492. The van der Waals surface area contributed by atoms with Crippen LogP contribution in [-0.2, 0) is 0 Å². The third-order valence-electron chi connectivity index (χ3n) is 4.35. The van der Waals surface area contributed by atoms with Crippen LogP contribution in [0.5, 0.6) is 0 Å². The Kier molecular flexibility index (Phi) is 4.40.